The monoisotopic (exact) mass is 308 g/mol. The molecule has 0 aliphatic rings. The zero-order valence-electron chi connectivity index (χ0n) is 10.8. The van der Waals surface area contributed by atoms with Crippen molar-refractivity contribution in [2.75, 3.05) is 6.26 Å². The van der Waals surface area contributed by atoms with Gasteiger partial charge in [0.1, 0.15) is 12.2 Å². The molecule has 1 aromatic carbocycles. The highest BCUT2D eigenvalue weighted by molar-refractivity contribution is 7.98. The first-order valence-corrected chi connectivity index (χ1v) is 7.53. The quantitative estimate of drug-likeness (QED) is 0.678. The van der Waals surface area contributed by atoms with Gasteiger partial charge in [-0.1, -0.05) is 23.7 Å². The number of nitrogens with zero attached hydrogens (tertiary/aromatic N) is 2. The number of carboxylic acids is 1. The molecule has 0 aliphatic heterocycles. The van der Waals surface area contributed by atoms with Gasteiger partial charge in [-0.05, 0) is 36.4 Å². The molecule has 4 nitrogen and oxygen atoms in total. The van der Waals surface area contributed by atoms with Gasteiger partial charge in [0, 0.05) is 5.02 Å². The predicted octanol–water partition coefficient (Wildman–Crippen LogP) is 3.26. The minimum Gasteiger partial charge on any atom is -0.481 e. The van der Waals surface area contributed by atoms with Crippen LogP contribution in [0.2, 0.25) is 5.02 Å². The highest BCUT2D eigenvalue weighted by Gasteiger charge is 2.22. The average Bonchev–Trinajstić information content (AvgIpc) is 2.46. The Balaban J connectivity index is 2.26. The molecule has 1 aromatic heterocycles. The van der Waals surface area contributed by atoms with E-state index in [1.807, 2.05) is 18.4 Å². The number of benzene rings is 1. The molecule has 0 bridgehead atoms. The van der Waals surface area contributed by atoms with Crippen LogP contribution in [0.3, 0.4) is 0 Å². The van der Waals surface area contributed by atoms with E-state index in [0.717, 1.165) is 10.6 Å². The minimum atomic E-state index is -0.897. The SMILES string of the molecule is CSc1cc(C(Cc2ccc(Cl)cc2)C(=O)O)ncn1. The highest BCUT2D eigenvalue weighted by atomic mass is 35.5. The first-order valence-electron chi connectivity index (χ1n) is 5.93. The summed E-state index contributed by atoms with van der Waals surface area (Å²) in [6.07, 6.45) is 3.66. The molecule has 0 saturated carbocycles. The number of aliphatic carboxylic acids is 1. The molecule has 104 valence electrons. The van der Waals surface area contributed by atoms with Crippen molar-refractivity contribution >= 4 is 29.3 Å². The van der Waals surface area contributed by atoms with Crippen LogP contribution in [0.25, 0.3) is 0 Å². The Hall–Kier alpha value is -1.59. The topological polar surface area (TPSA) is 63.1 Å². The van der Waals surface area contributed by atoms with Gasteiger partial charge in [-0.25, -0.2) is 9.97 Å². The molecule has 0 fully saturated rings. The minimum absolute atomic E-state index is 0.372. The van der Waals surface area contributed by atoms with Crippen LogP contribution < -0.4 is 0 Å². The summed E-state index contributed by atoms with van der Waals surface area (Å²) in [7, 11) is 0. The number of carbonyl (C=O) groups is 1. The van der Waals surface area contributed by atoms with Crippen LogP contribution in [0.4, 0.5) is 0 Å². The van der Waals surface area contributed by atoms with Crippen molar-refractivity contribution in [3.8, 4) is 0 Å². The maximum absolute atomic E-state index is 11.5. The number of thioether (sulfide) groups is 1. The Morgan fingerprint density at radius 2 is 2.05 bits per heavy atom. The van der Waals surface area contributed by atoms with Crippen molar-refractivity contribution in [1.82, 2.24) is 9.97 Å². The molecule has 0 spiro atoms. The Bertz CT molecular complexity index is 604. The first-order chi connectivity index (χ1) is 9.60. The molecule has 2 aromatic rings. The number of hydrogen-bond donors (Lipinski definition) is 1. The molecule has 0 saturated heterocycles. The molecule has 20 heavy (non-hydrogen) atoms. The van der Waals surface area contributed by atoms with Crippen molar-refractivity contribution < 1.29 is 9.90 Å². The number of hydrogen-bond acceptors (Lipinski definition) is 4. The number of halogens is 1. The second-order valence-corrected chi connectivity index (χ2v) is 5.47. The van der Waals surface area contributed by atoms with Crippen molar-refractivity contribution in [1.29, 1.82) is 0 Å². The third-order valence-corrected chi connectivity index (χ3v) is 3.77. The van der Waals surface area contributed by atoms with E-state index >= 15 is 0 Å². The fourth-order valence-electron chi connectivity index (χ4n) is 1.83. The summed E-state index contributed by atoms with van der Waals surface area (Å²) in [6.45, 7) is 0. The second kappa shape index (κ2) is 6.72. The van der Waals surface area contributed by atoms with E-state index in [4.69, 9.17) is 11.6 Å². The van der Waals surface area contributed by atoms with Crippen LogP contribution in [0.5, 0.6) is 0 Å². The zero-order chi connectivity index (χ0) is 14.5. The average molecular weight is 309 g/mol. The summed E-state index contributed by atoms with van der Waals surface area (Å²) in [5.74, 6) is -1.59. The maximum atomic E-state index is 11.5. The van der Waals surface area contributed by atoms with Gasteiger partial charge in [0.25, 0.3) is 0 Å². The molecule has 1 atom stereocenters. The Morgan fingerprint density at radius 1 is 1.35 bits per heavy atom. The summed E-state index contributed by atoms with van der Waals surface area (Å²) in [5, 5.41) is 10.8. The fraction of sp³-hybridized carbons (Fsp3) is 0.214. The van der Waals surface area contributed by atoms with E-state index in [1.165, 1.54) is 18.1 Å². The normalized spacial score (nSPS) is 12.1. The van der Waals surface area contributed by atoms with Gasteiger partial charge >= 0.3 is 5.97 Å². The summed E-state index contributed by atoms with van der Waals surface area (Å²) in [5.41, 5.74) is 1.43. The lowest BCUT2D eigenvalue weighted by atomic mass is 9.96. The van der Waals surface area contributed by atoms with Gasteiger partial charge in [0.2, 0.25) is 0 Å². The number of aromatic nitrogens is 2. The van der Waals surface area contributed by atoms with Gasteiger partial charge in [-0.2, -0.15) is 0 Å². The van der Waals surface area contributed by atoms with Crippen LogP contribution in [-0.2, 0) is 11.2 Å². The molecule has 1 unspecified atom stereocenters. The van der Waals surface area contributed by atoms with Gasteiger partial charge in [-0.15, -0.1) is 11.8 Å². The van der Waals surface area contributed by atoms with Crippen LogP contribution in [0.15, 0.2) is 41.7 Å². The van der Waals surface area contributed by atoms with Crippen molar-refractivity contribution in [3.63, 3.8) is 0 Å². The molecule has 0 amide bonds. The lowest BCUT2D eigenvalue weighted by molar-refractivity contribution is -0.138. The number of rotatable bonds is 5. The summed E-state index contributed by atoms with van der Waals surface area (Å²) < 4.78 is 0. The Kier molecular flexibility index (Phi) is 4.98. The summed E-state index contributed by atoms with van der Waals surface area (Å²) in [6, 6.07) is 8.88. The van der Waals surface area contributed by atoms with Gasteiger partial charge in [0.15, 0.2) is 0 Å². The second-order valence-electron chi connectivity index (χ2n) is 4.21. The van der Waals surface area contributed by atoms with Crippen LogP contribution in [-0.4, -0.2) is 27.3 Å². The van der Waals surface area contributed by atoms with Crippen molar-refractivity contribution in [3.05, 3.63) is 52.9 Å². The Labute approximate surface area is 126 Å². The van der Waals surface area contributed by atoms with E-state index in [2.05, 4.69) is 9.97 Å². The molecule has 2 rings (SSSR count). The molecule has 6 heteroatoms. The third kappa shape index (κ3) is 3.71. The standard InChI is InChI=1S/C14H13ClN2O2S/c1-20-13-7-12(16-8-17-13)11(14(18)19)6-9-2-4-10(15)5-3-9/h2-5,7-8,11H,6H2,1H3,(H,18,19). The van der Waals surface area contributed by atoms with Crippen LogP contribution >= 0.6 is 23.4 Å². The largest absolute Gasteiger partial charge is 0.481 e. The molecule has 1 heterocycles. The summed E-state index contributed by atoms with van der Waals surface area (Å²) in [4.78, 5) is 19.6. The van der Waals surface area contributed by atoms with Crippen molar-refractivity contribution in [2.45, 2.75) is 17.4 Å². The van der Waals surface area contributed by atoms with E-state index in [-0.39, 0.29) is 0 Å². The van der Waals surface area contributed by atoms with Crippen LogP contribution in [0.1, 0.15) is 17.2 Å². The van der Waals surface area contributed by atoms with Crippen molar-refractivity contribution in [2.24, 2.45) is 0 Å². The fourth-order valence-corrected chi connectivity index (χ4v) is 2.35. The molecule has 0 aliphatic carbocycles. The zero-order valence-corrected chi connectivity index (χ0v) is 12.4. The van der Waals surface area contributed by atoms with Gasteiger partial charge in [0.05, 0.1) is 10.7 Å². The Morgan fingerprint density at radius 3 is 2.65 bits per heavy atom. The lowest BCUT2D eigenvalue weighted by Crippen LogP contribution is -2.16. The van der Waals surface area contributed by atoms with Gasteiger partial charge in [-0.3, -0.25) is 4.79 Å². The van der Waals surface area contributed by atoms with E-state index < -0.39 is 11.9 Å². The summed E-state index contributed by atoms with van der Waals surface area (Å²) >= 11 is 7.29. The van der Waals surface area contributed by atoms with Crippen LogP contribution in [0, 0.1) is 0 Å². The number of carboxylic acid groups (broad SMARTS) is 1. The van der Waals surface area contributed by atoms with E-state index in [1.54, 1.807) is 18.2 Å². The molecule has 1 N–H and O–H groups in total. The maximum Gasteiger partial charge on any atom is 0.312 e. The van der Waals surface area contributed by atoms with E-state index in [0.29, 0.717) is 17.1 Å². The smallest absolute Gasteiger partial charge is 0.312 e. The van der Waals surface area contributed by atoms with E-state index in [9.17, 15) is 9.90 Å². The molecular formula is C14H13ClN2O2S. The lowest BCUT2D eigenvalue weighted by Gasteiger charge is -2.12. The molecular weight excluding hydrogens is 296 g/mol. The third-order valence-electron chi connectivity index (χ3n) is 2.88. The first kappa shape index (κ1) is 14.8. The van der Waals surface area contributed by atoms with Gasteiger partial charge < -0.3 is 5.11 Å². The predicted molar refractivity (Wildman–Crippen MR) is 79.3 cm³/mol. The molecule has 0 radical (unpaired) electrons. The highest BCUT2D eigenvalue weighted by Crippen LogP contribution is 2.23.